The van der Waals surface area contributed by atoms with E-state index < -0.39 is 24.0 Å². The van der Waals surface area contributed by atoms with Crippen molar-refractivity contribution >= 4 is 29.3 Å². The predicted molar refractivity (Wildman–Crippen MR) is 123 cm³/mol. The van der Waals surface area contributed by atoms with E-state index in [2.05, 4.69) is 39.9 Å². The summed E-state index contributed by atoms with van der Waals surface area (Å²) in [6, 6.07) is 15.2. The maximum Gasteiger partial charge on any atom is 0.407 e. The first-order valence-electron chi connectivity index (χ1n) is 10.5. The zero-order valence-corrected chi connectivity index (χ0v) is 18.7. The van der Waals surface area contributed by atoms with Crippen molar-refractivity contribution in [3.63, 3.8) is 0 Å². The fourth-order valence-corrected chi connectivity index (χ4v) is 4.58. The number of aromatic nitrogens is 1. The third-order valence-electron chi connectivity index (χ3n) is 5.52. The lowest BCUT2D eigenvalue weighted by atomic mass is 9.98. The van der Waals surface area contributed by atoms with Crippen molar-refractivity contribution in [3.8, 4) is 11.1 Å². The summed E-state index contributed by atoms with van der Waals surface area (Å²) in [5, 5.41) is 16.2. The topological polar surface area (TPSA) is 118 Å². The molecule has 2 amide bonds. The van der Waals surface area contributed by atoms with E-state index in [1.165, 1.54) is 16.7 Å². The summed E-state index contributed by atoms with van der Waals surface area (Å²) in [6.45, 7) is 1.98. The minimum atomic E-state index is -1.10. The molecular formula is C24H23N3O5S. The molecule has 3 aromatic rings. The number of thiazole rings is 1. The molecule has 0 saturated heterocycles. The van der Waals surface area contributed by atoms with Crippen molar-refractivity contribution in [3.05, 3.63) is 75.7 Å². The van der Waals surface area contributed by atoms with Crippen LogP contribution in [0.5, 0.6) is 0 Å². The summed E-state index contributed by atoms with van der Waals surface area (Å²) in [6.07, 6.45) is -0.309. The van der Waals surface area contributed by atoms with Crippen LogP contribution in [0.1, 0.15) is 45.9 Å². The smallest absolute Gasteiger partial charge is 0.407 e. The molecular weight excluding hydrogens is 442 g/mol. The van der Waals surface area contributed by atoms with Crippen LogP contribution in [0.4, 0.5) is 4.79 Å². The molecule has 9 heteroatoms. The number of amides is 2. The number of hydrogen-bond donors (Lipinski definition) is 3. The minimum absolute atomic E-state index is 0.0287. The third kappa shape index (κ3) is 4.88. The summed E-state index contributed by atoms with van der Waals surface area (Å²) in [5.41, 5.74) is 4.69. The number of nitrogens with zero attached hydrogens (tertiary/aromatic N) is 1. The van der Waals surface area contributed by atoms with Crippen LogP contribution in [0.15, 0.2) is 53.9 Å². The Balaban J connectivity index is 1.31. The van der Waals surface area contributed by atoms with Crippen LogP contribution in [-0.4, -0.2) is 40.7 Å². The molecule has 2 aromatic carbocycles. The highest BCUT2D eigenvalue weighted by molar-refractivity contribution is 7.09. The Kier molecular flexibility index (Phi) is 6.69. The highest BCUT2D eigenvalue weighted by Gasteiger charge is 2.29. The Labute approximate surface area is 194 Å². The van der Waals surface area contributed by atoms with Gasteiger partial charge in [0.25, 0.3) is 5.91 Å². The van der Waals surface area contributed by atoms with Gasteiger partial charge < -0.3 is 20.5 Å². The van der Waals surface area contributed by atoms with E-state index in [9.17, 15) is 14.4 Å². The van der Waals surface area contributed by atoms with Crippen LogP contribution in [0, 0.1) is 0 Å². The molecule has 1 aromatic heterocycles. The zero-order chi connectivity index (χ0) is 23.4. The van der Waals surface area contributed by atoms with Crippen molar-refractivity contribution in [1.29, 1.82) is 0 Å². The molecule has 8 nitrogen and oxygen atoms in total. The lowest BCUT2D eigenvalue weighted by molar-refractivity contribution is -0.139. The van der Waals surface area contributed by atoms with Crippen LogP contribution in [0.3, 0.4) is 0 Å². The highest BCUT2D eigenvalue weighted by Crippen LogP contribution is 2.44. The van der Waals surface area contributed by atoms with Crippen LogP contribution >= 0.6 is 11.3 Å². The van der Waals surface area contributed by atoms with Gasteiger partial charge in [-0.05, 0) is 28.7 Å². The van der Waals surface area contributed by atoms with Gasteiger partial charge in [0.1, 0.15) is 23.4 Å². The van der Waals surface area contributed by atoms with Crippen molar-refractivity contribution in [2.75, 3.05) is 6.61 Å². The van der Waals surface area contributed by atoms with E-state index in [0.29, 0.717) is 5.01 Å². The second-order valence-corrected chi connectivity index (χ2v) is 8.52. The standard InChI is InChI=1S/C24H23N3O5S/c1-2-19(23(29)30)27-22(28)20-13-33-21(26-20)11-25-24(31)32-12-18-16-9-5-3-7-14(16)15-8-4-6-10-17(15)18/h3-10,13,18-19H,2,11-12H2,1H3,(H,25,31)(H,27,28)(H,29,30). The maximum absolute atomic E-state index is 12.3. The first kappa shape index (κ1) is 22.5. The van der Waals surface area contributed by atoms with E-state index in [1.807, 2.05) is 24.3 Å². The van der Waals surface area contributed by atoms with Gasteiger partial charge in [-0.2, -0.15) is 0 Å². The Bertz CT molecular complexity index is 1150. The molecule has 0 bridgehead atoms. The maximum atomic E-state index is 12.3. The molecule has 0 aliphatic heterocycles. The summed E-state index contributed by atoms with van der Waals surface area (Å²) in [5.74, 6) is -1.69. The molecule has 170 valence electrons. The predicted octanol–water partition coefficient (Wildman–Crippen LogP) is 3.77. The minimum Gasteiger partial charge on any atom is -0.480 e. The first-order valence-corrected chi connectivity index (χ1v) is 11.4. The molecule has 1 unspecified atom stereocenters. The van der Waals surface area contributed by atoms with E-state index >= 15 is 0 Å². The van der Waals surface area contributed by atoms with Crippen LogP contribution < -0.4 is 10.6 Å². The second kappa shape index (κ2) is 9.83. The second-order valence-electron chi connectivity index (χ2n) is 7.58. The molecule has 0 saturated carbocycles. The molecule has 0 radical (unpaired) electrons. The molecule has 33 heavy (non-hydrogen) atoms. The number of aliphatic carboxylic acids is 1. The largest absolute Gasteiger partial charge is 0.480 e. The number of hydrogen-bond acceptors (Lipinski definition) is 6. The normalized spacial score (nSPS) is 13.0. The summed E-state index contributed by atoms with van der Waals surface area (Å²) < 4.78 is 5.49. The van der Waals surface area contributed by atoms with Crippen LogP contribution in [-0.2, 0) is 16.1 Å². The molecule has 1 aliphatic carbocycles. The Morgan fingerprint density at radius 1 is 1.09 bits per heavy atom. The van der Waals surface area contributed by atoms with Gasteiger partial charge >= 0.3 is 12.1 Å². The van der Waals surface area contributed by atoms with Gasteiger partial charge in [-0.25, -0.2) is 14.6 Å². The van der Waals surface area contributed by atoms with Gasteiger partial charge in [0, 0.05) is 11.3 Å². The number of carboxylic acids is 1. The number of benzene rings is 2. The fraction of sp³-hybridized carbons (Fsp3) is 0.250. The van der Waals surface area contributed by atoms with Gasteiger partial charge in [-0.1, -0.05) is 55.5 Å². The van der Waals surface area contributed by atoms with Gasteiger partial charge in [0.15, 0.2) is 0 Å². The number of carboxylic acid groups (broad SMARTS) is 1. The van der Waals surface area contributed by atoms with Crippen molar-refractivity contribution in [2.45, 2.75) is 31.8 Å². The average Bonchev–Trinajstić information content (AvgIpc) is 3.42. The van der Waals surface area contributed by atoms with E-state index in [0.717, 1.165) is 22.3 Å². The third-order valence-corrected chi connectivity index (χ3v) is 6.37. The molecule has 1 aliphatic rings. The van der Waals surface area contributed by atoms with Gasteiger partial charge in [-0.15, -0.1) is 11.3 Å². The molecule has 3 N–H and O–H groups in total. The zero-order valence-electron chi connectivity index (χ0n) is 17.9. The number of alkyl carbamates (subject to hydrolysis) is 1. The lowest BCUT2D eigenvalue weighted by Gasteiger charge is -2.14. The van der Waals surface area contributed by atoms with Crippen molar-refractivity contribution in [1.82, 2.24) is 15.6 Å². The molecule has 0 spiro atoms. The quantitative estimate of drug-likeness (QED) is 0.466. The van der Waals surface area contributed by atoms with Crippen LogP contribution in [0.2, 0.25) is 0 Å². The Morgan fingerprint density at radius 2 is 1.73 bits per heavy atom. The Hall–Kier alpha value is -3.72. The van der Waals surface area contributed by atoms with E-state index in [-0.39, 0.29) is 31.2 Å². The number of ether oxygens (including phenoxy) is 1. The number of fused-ring (bicyclic) bond motifs is 3. The lowest BCUT2D eigenvalue weighted by Crippen LogP contribution is -2.40. The molecule has 1 heterocycles. The average molecular weight is 466 g/mol. The molecule has 4 rings (SSSR count). The number of rotatable bonds is 8. The summed E-state index contributed by atoms with van der Waals surface area (Å²) >= 11 is 1.20. The SMILES string of the molecule is CCC(NC(=O)c1csc(CNC(=O)OCC2c3ccccc3-c3ccccc32)n1)C(=O)O. The fourth-order valence-electron chi connectivity index (χ4n) is 3.86. The van der Waals surface area contributed by atoms with Crippen molar-refractivity contribution < 1.29 is 24.2 Å². The van der Waals surface area contributed by atoms with Gasteiger partial charge in [-0.3, -0.25) is 4.79 Å². The van der Waals surface area contributed by atoms with Gasteiger partial charge in [0.2, 0.25) is 0 Å². The van der Waals surface area contributed by atoms with E-state index in [1.54, 1.807) is 6.92 Å². The number of carbonyl (C=O) groups is 3. The number of carbonyl (C=O) groups excluding carboxylic acids is 2. The summed E-state index contributed by atoms with van der Waals surface area (Å²) in [4.78, 5) is 39.7. The summed E-state index contributed by atoms with van der Waals surface area (Å²) in [7, 11) is 0. The molecule has 1 atom stereocenters. The van der Waals surface area contributed by atoms with Crippen molar-refractivity contribution in [2.24, 2.45) is 0 Å². The first-order chi connectivity index (χ1) is 16.0. The highest BCUT2D eigenvalue weighted by atomic mass is 32.1. The van der Waals surface area contributed by atoms with Gasteiger partial charge in [0.05, 0.1) is 6.54 Å². The monoisotopic (exact) mass is 465 g/mol. The Morgan fingerprint density at radius 3 is 2.33 bits per heavy atom. The molecule has 0 fully saturated rings. The van der Waals surface area contributed by atoms with E-state index in [4.69, 9.17) is 9.84 Å². The van der Waals surface area contributed by atoms with Crippen LogP contribution in [0.25, 0.3) is 11.1 Å². The number of nitrogens with one attached hydrogen (secondary N) is 2.